The second-order valence-electron chi connectivity index (χ2n) is 11.2. The zero-order valence-corrected chi connectivity index (χ0v) is 28.6. The van der Waals surface area contributed by atoms with Crippen molar-refractivity contribution in [3.05, 3.63) is 78.4 Å². The van der Waals surface area contributed by atoms with Crippen molar-refractivity contribution in [2.45, 2.75) is 61.4 Å². The van der Waals surface area contributed by atoms with Gasteiger partial charge in [0, 0.05) is 10.6 Å². The van der Waals surface area contributed by atoms with Crippen LogP contribution in [-0.2, 0) is 24.0 Å². The molecule has 0 aliphatic carbocycles. The van der Waals surface area contributed by atoms with E-state index in [9.17, 15) is 34.2 Å². The number of hydrogen-bond acceptors (Lipinski definition) is 9. The second-order valence-corrected chi connectivity index (χ2v) is 13.0. The summed E-state index contributed by atoms with van der Waals surface area (Å²) in [7, 11) is 0. The number of hydrogen-bond donors (Lipinski definition) is 4. The molecule has 0 saturated carbocycles. The third kappa shape index (κ3) is 8.03. The van der Waals surface area contributed by atoms with Gasteiger partial charge in [-0.3, -0.25) is 24.1 Å². The molecule has 0 spiro atoms. The first-order chi connectivity index (χ1) is 23.1. The van der Waals surface area contributed by atoms with E-state index in [2.05, 4.69) is 10.6 Å². The van der Waals surface area contributed by atoms with Crippen LogP contribution in [0.1, 0.15) is 51.1 Å². The van der Waals surface area contributed by atoms with Crippen LogP contribution in [0.25, 0.3) is 0 Å². The number of rotatable bonds is 15. The Morgan fingerprint density at radius 2 is 1.67 bits per heavy atom. The van der Waals surface area contributed by atoms with Crippen molar-refractivity contribution in [2.24, 2.45) is 5.41 Å². The van der Waals surface area contributed by atoms with Gasteiger partial charge in [-0.05, 0) is 60.7 Å². The number of unbranched alkanes of at least 4 members (excludes halogenated alkanes) is 1. The minimum Gasteiger partial charge on any atom is -0.483 e. The molecule has 0 fully saturated rings. The Morgan fingerprint density at radius 1 is 1.00 bits per heavy atom. The molecule has 1 aliphatic heterocycles. The predicted molar refractivity (Wildman–Crippen MR) is 184 cm³/mol. The minimum atomic E-state index is -1.56. The summed E-state index contributed by atoms with van der Waals surface area (Å²) in [6.45, 7) is 2.54. The fourth-order valence-corrected chi connectivity index (χ4v) is 7.09. The number of amides is 3. The number of carbonyl (C=O) groups is 5. The number of carboxylic acids is 1. The predicted octanol–water partition coefficient (Wildman–Crippen LogP) is 5.09. The summed E-state index contributed by atoms with van der Waals surface area (Å²) >= 11 is 2.33. The van der Waals surface area contributed by atoms with E-state index >= 15 is 0 Å². The van der Waals surface area contributed by atoms with Crippen molar-refractivity contribution in [2.75, 3.05) is 24.4 Å². The summed E-state index contributed by atoms with van der Waals surface area (Å²) < 4.78 is 5.97. The van der Waals surface area contributed by atoms with Gasteiger partial charge in [-0.2, -0.15) is 0 Å². The van der Waals surface area contributed by atoms with Crippen molar-refractivity contribution in [1.29, 1.82) is 0 Å². The molecule has 11 nitrogen and oxygen atoms in total. The quantitative estimate of drug-likeness (QED) is 0.125. The number of ether oxygens (including phenoxy) is 1. The van der Waals surface area contributed by atoms with E-state index in [1.807, 2.05) is 50.4 Å². The lowest BCUT2D eigenvalue weighted by molar-refractivity contribution is -0.143. The molecular weight excluding hydrogens is 655 g/mol. The third-order valence-electron chi connectivity index (χ3n) is 8.12. The number of para-hydroxylation sites is 1. The molecule has 13 heteroatoms. The molecule has 3 aromatic carbocycles. The Kier molecular flexibility index (Phi) is 12.7. The summed E-state index contributed by atoms with van der Waals surface area (Å²) in [5.74, 6) is -2.90. The number of aliphatic carboxylic acids is 1. The monoisotopic (exact) mass is 693 g/mol. The zero-order valence-electron chi connectivity index (χ0n) is 26.9. The molecule has 3 atom stereocenters. The number of fused-ring (bicyclic) bond motifs is 1. The lowest BCUT2D eigenvalue weighted by atomic mass is 9.79. The van der Waals surface area contributed by atoms with E-state index in [1.165, 1.54) is 11.8 Å². The van der Waals surface area contributed by atoms with Gasteiger partial charge < -0.3 is 25.6 Å². The van der Waals surface area contributed by atoms with Gasteiger partial charge in [0.05, 0.1) is 17.2 Å². The summed E-state index contributed by atoms with van der Waals surface area (Å²) in [5.41, 5.74) is 0.335. The second kappa shape index (κ2) is 16.7. The molecule has 254 valence electrons. The molecule has 0 saturated heterocycles. The lowest BCUT2D eigenvalue weighted by Crippen LogP contribution is -2.49. The number of anilines is 2. The highest BCUT2D eigenvalue weighted by atomic mass is 32.2. The molecule has 0 radical (unpaired) electrons. The molecule has 4 N–H and O–H groups in total. The molecule has 1 unspecified atom stereocenters. The maximum absolute atomic E-state index is 14.4. The molecular formula is C35H39N3O8S2. The number of aliphatic hydroxyl groups excluding tert-OH is 1. The van der Waals surface area contributed by atoms with Crippen molar-refractivity contribution >= 4 is 63.7 Å². The van der Waals surface area contributed by atoms with E-state index in [0.29, 0.717) is 51.7 Å². The van der Waals surface area contributed by atoms with Crippen LogP contribution >= 0.6 is 23.5 Å². The number of aliphatic hydroxyl groups is 1. The van der Waals surface area contributed by atoms with Gasteiger partial charge in [-0.15, -0.1) is 11.8 Å². The first-order valence-electron chi connectivity index (χ1n) is 15.5. The van der Waals surface area contributed by atoms with E-state index in [0.717, 1.165) is 18.2 Å². The number of nitrogens with one attached hydrogen (secondary N) is 2. The molecule has 3 amide bonds. The highest BCUT2D eigenvalue weighted by Gasteiger charge is 2.49. The van der Waals surface area contributed by atoms with Crippen LogP contribution < -0.4 is 20.3 Å². The molecule has 1 heterocycles. The fourth-order valence-electron chi connectivity index (χ4n) is 5.39. The van der Waals surface area contributed by atoms with Gasteiger partial charge in [-0.1, -0.05) is 75.2 Å². The van der Waals surface area contributed by atoms with E-state index in [4.69, 9.17) is 4.74 Å². The smallest absolute Gasteiger partial charge is 0.328 e. The minimum absolute atomic E-state index is 0.247. The third-order valence-corrected chi connectivity index (χ3v) is 10.0. The molecule has 0 bridgehead atoms. The Balaban J connectivity index is 1.65. The average molecular weight is 694 g/mol. The van der Waals surface area contributed by atoms with Crippen molar-refractivity contribution in [1.82, 2.24) is 10.6 Å². The number of benzene rings is 3. The first-order valence-corrected chi connectivity index (χ1v) is 17.6. The Labute approximate surface area is 287 Å². The molecule has 3 aromatic rings. The normalized spacial score (nSPS) is 17.1. The summed E-state index contributed by atoms with van der Waals surface area (Å²) in [6.07, 6.45) is 4.13. The SMILES string of the molecule is CCCCC1(CC)C(=O)Sc2cc(OCC(=O)N[C@@H](C(=O)N[C@H](CO)C(=O)O)c3ccccc3)c(SC)cc2N(c2ccccc2)C1=O. The van der Waals surface area contributed by atoms with Crippen LogP contribution in [0.5, 0.6) is 5.75 Å². The van der Waals surface area contributed by atoms with Crippen molar-refractivity contribution in [3.8, 4) is 5.75 Å². The highest BCUT2D eigenvalue weighted by Crippen LogP contribution is 2.51. The van der Waals surface area contributed by atoms with Crippen LogP contribution in [0.2, 0.25) is 0 Å². The van der Waals surface area contributed by atoms with Crippen LogP contribution in [0.3, 0.4) is 0 Å². The van der Waals surface area contributed by atoms with Gasteiger partial charge in [0.25, 0.3) is 5.91 Å². The van der Waals surface area contributed by atoms with Gasteiger partial charge in [0.2, 0.25) is 16.9 Å². The van der Waals surface area contributed by atoms with Crippen LogP contribution in [0.4, 0.5) is 11.4 Å². The van der Waals surface area contributed by atoms with Crippen LogP contribution in [0.15, 0.2) is 82.6 Å². The van der Waals surface area contributed by atoms with Crippen molar-refractivity contribution in [3.63, 3.8) is 0 Å². The van der Waals surface area contributed by atoms with Gasteiger partial charge in [-0.25, -0.2) is 4.79 Å². The van der Waals surface area contributed by atoms with Gasteiger partial charge >= 0.3 is 5.97 Å². The first kappa shape index (κ1) is 36.5. The topological polar surface area (TPSA) is 162 Å². The zero-order chi connectivity index (χ0) is 34.8. The Bertz CT molecular complexity index is 1640. The number of nitrogens with zero attached hydrogens (tertiary/aromatic N) is 1. The number of carbonyl (C=O) groups excluding carboxylic acids is 4. The van der Waals surface area contributed by atoms with E-state index in [-0.39, 0.29) is 11.0 Å². The van der Waals surface area contributed by atoms with Gasteiger partial charge in [0.15, 0.2) is 6.61 Å². The molecule has 1 aliphatic rings. The number of thioether (sulfide) groups is 2. The number of carboxylic acid groups (broad SMARTS) is 1. The molecule has 48 heavy (non-hydrogen) atoms. The highest BCUT2D eigenvalue weighted by molar-refractivity contribution is 8.14. The largest absolute Gasteiger partial charge is 0.483 e. The molecule has 4 rings (SSSR count). The summed E-state index contributed by atoms with van der Waals surface area (Å²) in [4.78, 5) is 68.7. The maximum atomic E-state index is 14.4. The van der Waals surface area contributed by atoms with Crippen molar-refractivity contribution < 1.29 is 38.9 Å². The van der Waals surface area contributed by atoms with Gasteiger partial charge in [0.1, 0.15) is 23.2 Å². The average Bonchev–Trinajstić information content (AvgIpc) is 3.18. The maximum Gasteiger partial charge on any atom is 0.328 e. The summed E-state index contributed by atoms with van der Waals surface area (Å²) in [6, 6.07) is 18.0. The lowest BCUT2D eigenvalue weighted by Gasteiger charge is -2.33. The van der Waals surface area contributed by atoms with Crippen LogP contribution in [0, 0.1) is 5.41 Å². The summed E-state index contributed by atoms with van der Waals surface area (Å²) in [5, 5.41) is 23.2. The van der Waals surface area contributed by atoms with E-state index in [1.54, 1.807) is 47.4 Å². The van der Waals surface area contributed by atoms with Crippen LogP contribution in [-0.4, -0.2) is 64.5 Å². The molecule has 0 aromatic heterocycles. The Hall–Kier alpha value is -4.33. The standard InChI is InChI=1S/C35H39N3O8S2/c1-4-6-17-35(5-2)33(44)38(23-15-11-8-12-16-23)25-18-28(47-3)26(19-27(25)48-34(35)45)46-21-29(40)37-30(22-13-9-7-10-14-22)31(41)36-24(20-39)32(42)43/h7-16,18-19,24,30,39H,4-6,17,20-21H2,1-3H3,(H,36,41)(H,37,40)(H,42,43)/t24-,30-,35?/m1/s1. The Morgan fingerprint density at radius 3 is 2.25 bits per heavy atom. The van der Waals surface area contributed by atoms with E-state index < -0.39 is 48.5 Å². The fraction of sp³-hybridized carbons (Fsp3) is 0.343.